The van der Waals surface area contributed by atoms with Crippen LogP contribution in [0.1, 0.15) is 37.2 Å². The van der Waals surface area contributed by atoms with E-state index in [1.807, 2.05) is 19.2 Å². The van der Waals surface area contributed by atoms with E-state index in [2.05, 4.69) is 11.4 Å². The van der Waals surface area contributed by atoms with Crippen LogP contribution in [0.25, 0.3) is 0 Å². The minimum absolute atomic E-state index is 0.609. The number of halogens is 1. The van der Waals surface area contributed by atoms with Crippen LogP contribution in [0.5, 0.6) is 5.75 Å². The lowest BCUT2D eigenvalue weighted by Crippen LogP contribution is -2.29. The summed E-state index contributed by atoms with van der Waals surface area (Å²) < 4.78 is 5.18. The van der Waals surface area contributed by atoms with Gasteiger partial charge in [0.05, 0.1) is 7.11 Å². The summed E-state index contributed by atoms with van der Waals surface area (Å²) >= 11 is 6.32. The highest BCUT2D eigenvalue weighted by atomic mass is 35.5. The first kappa shape index (κ1) is 12.7. The molecule has 2 rings (SSSR count). The first-order valence-corrected chi connectivity index (χ1v) is 6.63. The molecule has 3 heteroatoms. The van der Waals surface area contributed by atoms with Crippen LogP contribution in [0, 0.1) is 0 Å². The number of hydrogen-bond donors (Lipinski definition) is 1. The lowest BCUT2D eigenvalue weighted by Gasteiger charge is -2.29. The molecule has 1 fully saturated rings. The van der Waals surface area contributed by atoms with Gasteiger partial charge in [0.2, 0.25) is 0 Å². The van der Waals surface area contributed by atoms with Gasteiger partial charge in [-0.3, -0.25) is 0 Å². The van der Waals surface area contributed by atoms with Gasteiger partial charge in [0.25, 0.3) is 0 Å². The summed E-state index contributed by atoms with van der Waals surface area (Å²) in [6.45, 7) is 0. The van der Waals surface area contributed by atoms with Crippen LogP contribution in [0.4, 0.5) is 0 Å². The number of rotatable bonds is 3. The van der Waals surface area contributed by atoms with Gasteiger partial charge in [-0.05, 0) is 56.3 Å². The third-order valence-corrected chi connectivity index (χ3v) is 4.11. The van der Waals surface area contributed by atoms with Crippen molar-refractivity contribution >= 4 is 11.6 Å². The normalized spacial score (nSPS) is 24.6. The van der Waals surface area contributed by atoms with Gasteiger partial charge in [-0.25, -0.2) is 0 Å². The Hall–Kier alpha value is -0.730. The average Bonchev–Trinajstić information content (AvgIpc) is 2.39. The van der Waals surface area contributed by atoms with E-state index in [1.54, 1.807) is 7.11 Å². The fourth-order valence-electron chi connectivity index (χ4n) is 2.66. The molecule has 1 aromatic carbocycles. The maximum Gasteiger partial charge on any atom is 0.120 e. The zero-order valence-electron chi connectivity index (χ0n) is 10.5. The van der Waals surface area contributed by atoms with Crippen LogP contribution in [-0.4, -0.2) is 20.2 Å². The molecule has 2 nitrogen and oxygen atoms in total. The predicted octanol–water partition coefficient (Wildman–Crippen LogP) is 3.59. The molecule has 0 bridgehead atoms. The Labute approximate surface area is 108 Å². The van der Waals surface area contributed by atoms with Crippen molar-refractivity contribution in [1.82, 2.24) is 5.32 Å². The fraction of sp³-hybridized carbons (Fsp3) is 0.571. The summed E-state index contributed by atoms with van der Waals surface area (Å²) in [5, 5.41) is 4.20. The Kier molecular flexibility index (Phi) is 4.30. The minimum Gasteiger partial charge on any atom is -0.497 e. The summed E-state index contributed by atoms with van der Waals surface area (Å²) in [6, 6.07) is 6.72. The molecule has 1 aromatic rings. The second-order valence-corrected chi connectivity index (χ2v) is 5.13. The summed E-state index contributed by atoms with van der Waals surface area (Å²) in [7, 11) is 3.72. The topological polar surface area (TPSA) is 21.3 Å². The van der Waals surface area contributed by atoms with E-state index in [0.717, 1.165) is 10.8 Å². The smallest absolute Gasteiger partial charge is 0.120 e. The van der Waals surface area contributed by atoms with Gasteiger partial charge < -0.3 is 10.1 Å². The molecule has 0 amide bonds. The van der Waals surface area contributed by atoms with E-state index in [4.69, 9.17) is 16.3 Å². The Balaban J connectivity index is 2.08. The summed E-state index contributed by atoms with van der Waals surface area (Å²) in [5.41, 5.74) is 1.28. The van der Waals surface area contributed by atoms with Crippen LogP contribution in [0.15, 0.2) is 18.2 Å². The Morgan fingerprint density at radius 1 is 1.24 bits per heavy atom. The van der Waals surface area contributed by atoms with Crippen LogP contribution in [-0.2, 0) is 0 Å². The van der Waals surface area contributed by atoms with Gasteiger partial charge in [0.15, 0.2) is 0 Å². The third-order valence-electron chi connectivity index (χ3n) is 3.78. The number of methoxy groups -OCH3 is 1. The van der Waals surface area contributed by atoms with Crippen molar-refractivity contribution in [2.75, 3.05) is 14.2 Å². The second-order valence-electron chi connectivity index (χ2n) is 4.72. The highest BCUT2D eigenvalue weighted by Crippen LogP contribution is 2.37. The highest BCUT2D eigenvalue weighted by molar-refractivity contribution is 6.31. The van der Waals surface area contributed by atoms with Gasteiger partial charge in [-0.1, -0.05) is 17.7 Å². The van der Waals surface area contributed by atoms with Crippen molar-refractivity contribution in [2.45, 2.75) is 37.6 Å². The lowest BCUT2D eigenvalue weighted by molar-refractivity contribution is 0.358. The van der Waals surface area contributed by atoms with Crippen molar-refractivity contribution in [3.63, 3.8) is 0 Å². The predicted molar refractivity (Wildman–Crippen MR) is 72.1 cm³/mol. The monoisotopic (exact) mass is 253 g/mol. The molecule has 94 valence electrons. The molecule has 1 aliphatic rings. The van der Waals surface area contributed by atoms with Crippen molar-refractivity contribution in [1.29, 1.82) is 0 Å². The molecular weight excluding hydrogens is 234 g/mol. The summed E-state index contributed by atoms with van der Waals surface area (Å²) in [5.74, 6) is 1.45. The zero-order valence-corrected chi connectivity index (χ0v) is 11.3. The third kappa shape index (κ3) is 2.93. The number of hydrogen-bond acceptors (Lipinski definition) is 2. The molecule has 0 aliphatic heterocycles. The largest absolute Gasteiger partial charge is 0.497 e. The van der Waals surface area contributed by atoms with Crippen molar-refractivity contribution < 1.29 is 4.74 Å². The molecule has 0 heterocycles. The van der Waals surface area contributed by atoms with Crippen molar-refractivity contribution in [2.24, 2.45) is 0 Å². The van der Waals surface area contributed by atoms with E-state index in [9.17, 15) is 0 Å². The molecule has 0 aromatic heterocycles. The van der Waals surface area contributed by atoms with E-state index < -0.39 is 0 Å². The molecule has 0 saturated heterocycles. The van der Waals surface area contributed by atoms with E-state index in [1.165, 1.54) is 31.2 Å². The summed E-state index contributed by atoms with van der Waals surface area (Å²) in [6.07, 6.45) is 4.92. The molecular formula is C14H20ClNO. The van der Waals surface area contributed by atoms with Crippen molar-refractivity contribution in [3.8, 4) is 5.75 Å². The maximum absolute atomic E-state index is 6.32. The average molecular weight is 254 g/mol. The van der Waals surface area contributed by atoms with Gasteiger partial charge in [-0.2, -0.15) is 0 Å². The molecule has 1 saturated carbocycles. The van der Waals surface area contributed by atoms with Crippen LogP contribution in [0.3, 0.4) is 0 Å². The molecule has 1 N–H and O–H groups in total. The lowest BCUT2D eigenvalue weighted by atomic mass is 9.82. The SMILES string of the molecule is CNC1CCC(c2ccc(OC)cc2Cl)CC1. The maximum atomic E-state index is 6.32. The highest BCUT2D eigenvalue weighted by Gasteiger charge is 2.22. The molecule has 0 atom stereocenters. The van der Waals surface area contributed by atoms with Crippen LogP contribution in [0.2, 0.25) is 5.02 Å². The molecule has 0 spiro atoms. The van der Waals surface area contributed by atoms with E-state index in [0.29, 0.717) is 12.0 Å². The fourth-order valence-corrected chi connectivity index (χ4v) is 2.98. The van der Waals surface area contributed by atoms with Gasteiger partial charge >= 0.3 is 0 Å². The Morgan fingerprint density at radius 2 is 1.94 bits per heavy atom. The number of benzene rings is 1. The first-order valence-electron chi connectivity index (χ1n) is 6.25. The van der Waals surface area contributed by atoms with Gasteiger partial charge in [-0.15, -0.1) is 0 Å². The number of ether oxygens (including phenoxy) is 1. The molecule has 0 unspecified atom stereocenters. The zero-order chi connectivity index (χ0) is 12.3. The number of nitrogens with one attached hydrogen (secondary N) is 1. The van der Waals surface area contributed by atoms with Gasteiger partial charge in [0.1, 0.15) is 5.75 Å². The van der Waals surface area contributed by atoms with Gasteiger partial charge in [0, 0.05) is 11.1 Å². The van der Waals surface area contributed by atoms with Crippen LogP contribution < -0.4 is 10.1 Å². The second kappa shape index (κ2) is 5.74. The Morgan fingerprint density at radius 3 is 2.47 bits per heavy atom. The van der Waals surface area contributed by atoms with E-state index >= 15 is 0 Å². The van der Waals surface area contributed by atoms with Crippen molar-refractivity contribution in [3.05, 3.63) is 28.8 Å². The minimum atomic E-state index is 0.609. The van der Waals surface area contributed by atoms with Crippen LogP contribution >= 0.6 is 11.6 Å². The summed E-state index contributed by atoms with van der Waals surface area (Å²) in [4.78, 5) is 0. The quantitative estimate of drug-likeness (QED) is 0.889. The standard InChI is InChI=1S/C14H20ClNO/c1-16-11-5-3-10(4-6-11)13-8-7-12(17-2)9-14(13)15/h7-11,16H,3-6H2,1-2H3. The molecule has 17 heavy (non-hydrogen) atoms. The molecule has 1 aliphatic carbocycles. The Bertz CT molecular complexity index is 372. The first-order chi connectivity index (χ1) is 8.24. The van der Waals surface area contributed by atoms with E-state index in [-0.39, 0.29) is 0 Å². The molecule has 0 radical (unpaired) electrons.